The molecule has 0 heterocycles. The largest absolute Gasteiger partial charge is 0.501 e. The second-order valence-corrected chi connectivity index (χ2v) is 40.8. The molecule has 0 spiro atoms. The first kappa shape index (κ1) is 94.6. The molecule has 0 saturated carbocycles. The summed E-state index contributed by atoms with van der Waals surface area (Å²) in [5.41, 5.74) is 44.3. The van der Waals surface area contributed by atoms with Crippen molar-refractivity contribution >= 4 is 118 Å². The number of allylic oxidation sites excluding steroid dienone is 6. The third-order valence-electron chi connectivity index (χ3n) is 31.4. The molecule has 0 N–H and O–H groups in total. The lowest BCUT2D eigenvalue weighted by atomic mass is 9.81. The third kappa shape index (κ3) is 15.8. The second kappa shape index (κ2) is 36.9. The third-order valence-corrected chi connectivity index (χ3v) is 31.4. The molecule has 0 radical (unpaired) electrons. The van der Waals surface area contributed by atoms with Gasteiger partial charge in [-0.05, 0) is 314 Å². The number of hydrogen-bond acceptors (Lipinski definition) is 9. The quantitative estimate of drug-likeness (QED) is 0.0420. The molecular weight excluding hydrogens is 1750 g/mol. The minimum Gasteiger partial charge on any atom is -0.501 e. The fourth-order valence-electron chi connectivity index (χ4n) is 23.8. The zero-order chi connectivity index (χ0) is 100. The monoisotopic (exact) mass is 1870 g/mol. The Morgan fingerprint density at radius 2 is 0.545 bits per heavy atom. The molecule has 143 heavy (non-hydrogen) atoms. The van der Waals surface area contributed by atoms with E-state index in [9.17, 15) is 14.4 Å². The van der Waals surface area contributed by atoms with Crippen LogP contribution in [0.15, 0.2) is 369 Å². The van der Waals surface area contributed by atoms with Gasteiger partial charge in [0.2, 0.25) is 0 Å². The van der Waals surface area contributed by atoms with E-state index < -0.39 is 0 Å². The van der Waals surface area contributed by atoms with Crippen molar-refractivity contribution < 1.29 is 28.6 Å². The van der Waals surface area contributed by atoms with Crippen molar-refractivity contribution in [3.8, 4) is 66.8 Å². The Balaban J connectivity index is 0.000000131. The summed E-state index contributed by atoms with van der Waals surface area (Å²) in [6.45, 7) is 37.8. The number of fused-ring (bicyclic) bond motifs is 12. The van der Waals surface area contributed by atoms with E-state index >= 15 is 0 Å². The van der Waals surface area contributed by atoms with Crippen molar-refractivity contribution in [3.63, 3.8) is 0 Å². The molecular formula is C134H121N3O6. The van der Waals surface area contributed by atoms with E-state index in [4.69, 9.17) is 14.2 Å². The SMILES string of the molecule is CO/C(C)=C(\C(C)=O)c1c(C)c(C)c(N(c2ccc3c(c2)C(C)(C)c2ccccc2-3)c2ccc3c(c2)C(C)(C)c2ccccc2-3)c(C)c1C.CO/C(C)=C(\C(C)=O)c1ccc(N(c2ccc3c(c2)C(C)(C)c2ccccc2-3)c2ccc3c(c2)C(C)(C)c2ccccc2-3)cc1.CO/C(C)=C(\C(C)=O)c1ccc2ccc3c(N(c4ccccc4-c4ccccc4)c4ccccc4-c4ccccc4)ccc4ccc1c2c43. The Hall–Kier alpha value is -16.0. The topological polar surface area (TPSA) is 88.6 Å². The van der Waals surface area contributed by atoms with Crippen LogP contribution in [0.4, 0.5) is 51.2 Å². The molecule has 4 aliphatic rings. The van der Waals surface area contributed by atoms with Gasteiger partial charge in [-0.15, -0.1) is 0 Å². The van der Waals surface area contributed by atoms with Crippen LogP contribution >= 0.6 is 0 Å². The molecule has 0 bridgehead atoms. The Morgan fingerprint density at radius 1 is 0.245 bits per heavy atom. The highest BCUT2D eigenvalue weighted by atomic mass is 16.5. The molecule has 0 fully saturated rings. The van der Waals surface area contributed by atoms with Crippen molar-refractivity contribution in [2.75, 3.05) is 36.0 Å². The Morgan fingerprint density at radius 3 is 0.923 bits per heavy atom. The standard InChI is InChI=1S/C46H35NO2.C46H47NO2.C42H39NO2/c1-30(48)44(31(2)49-3)38-26-22-34-24-28-40-43(29-25-35-23-27-39(38)45(34)46(35)40)47(41-20-12-10-18-36(41)32-14-6-4-7-15-32)42-21-13-11-19-37(42)33-16-8-5-9-17-33;1-26-28(3)44(29(4)27(2)42(26)43(30(5)48)31(6)49-11)47(32-20-22-36-34-16-12-14-18-38(34)45(7,8)40(36)24-32)33-21-23-37-35-17-13-15-19-39(35)46(9,10)41(37)25-33;1-26(44)40(27(2)45-7)28-16-18-29(19-17-28)43(30-20-22-34-32-12-8-10-14-36(32)41(3,4)38(34)24-30)31-21-23-35-33-13-9-11-15-37(33)42(5,6)39(35)25-31/h4-29H,1-3H3;12-25H,1-11H3;8-25H,1-7H3/b44-31+;43-31+;40-27+. The number of benzene rings is 18. The summed E-state index contributed by atoms with van der Waals surface area (Å²) in [4.78, 5) is 45.9. The van der Waals surface area contributed by atoms with Crippen LogP contribution < -0.4 is 14.7 Å². The number of carbonyl (C=O) groups is 3. The summed E-state index contributed by atoms with van der Waals surface area (Å²) in [6.07, 6.45) is 0. The summed E-state index contributed by atoms with van der Waals surface area (Å²) in [7, 11) is 4.87. The van der Waals surface area contributed by atoms with E-state index in [-0.39, 0.29) is 39.0 Å². The van der Waals surface area contributed by atoms with Gasteiger partial charge in [-0.3, -0.25) is 14.4 Å². The van der Waals surface area contributed by atoms with Crippen molar-refractivity contribution in [1.82, 2.24) is 0 Å². The summed E-state index contributed by atoms with van der Waals surface area (Å²) >= 11 is 0. The number of ketones is 3. The smallest absolute Gasteiger partial charge is 0.163 e. The molecule has 9 nitrogen and oxygen atoms in total. The predicted molar refractivity (Wildman–Crippen MR) is 598 cm³/mol. The lowest BCUT2D eigenvalue weighted by Crippen LogP contribution is -2.20. The highest BCUT2D eigenvalue weighted by Gasteiger charge is 2.42. The zero-order valence-corrected chi connectivity index (χ0v) is 85.8. The number of Topliss-reactive ketones (excluding diaryl/α,β-unsaturated/α-hetero) is 3. The summed E-state index contributed by atoms with van der Waals surface area (Å²) < 4.78 is 16.7. The van der Waals surface area contributed by atoms with Gasteiger partial charge >= 0.3 is 0 Å². The first-order chi connectivity index (χ1) is 68.8. The maximum atomic E-state index is 13.1. The van der Waals surface area contributed by atoms with Gasteiger partial charge in [0.1, 0.15) is 17.3 Å². The van der Waals surface area contributed by atoms with E-state index in [1.54, 1.807) is 42.1 Å². The molecule has 0 saturated heterocycles. The Bertz CT molecular complexity index is 8000. The van der Waals surface area contributed by atoms with Crippen molar-refractivity contribution in [3.05, 3.63) is 453 Å². The average Bonchev–Trinajstić information content (AvgIpc) is 1.70. The lowest BCUT2D eigenvalue weighted by molar-refractivity contribution is -0.112. The molecule has 708 valence electrons. The first-order valence-corrected chi connectivity index (χ1v) is 49.7. The number of carbonyl (C=O) groups excluding carboxylic acids is 3. The van der Waals surface area contributed by atoms with Gasteiger partial charge in [0.25, 0.3) is 0 Å². The van der Waals surface area contributed by atoms with Crippen molar-refractivity contribution in [1.29, 1.82) is 0 Å². The minimum atomic E-state index is -0.131. The van der Waals surface area contributed by atoms with Gasteiger partial charge in [-0.2, -0.15) is 0 Å². The maximum Gasteiger partial charge on any atom is 0.163 e. The lowest BCUT2D eigenvalue weighted by Gasteiger charge is -2.33. The number of hydrogen-bond donors (Lipinski definition) is 0. The Kier molecular flexibility index (Phi) is 24.4. The number of anilines is 9. The molecule has 4 aliphatic carbocycles. The molecule has 9 heteroatoms. The molecule has 0 atom stereocenters. The summed E-state index contributed by atoms with van der Waals surface area (Å²) in [5, 5.41) is 6.77. The summed E-state index contributed by atoms with van der Waals surface area (Å²) in [6, 6.07) is 127. The molecule has 18 aromatic carbocycles. The normalized spacial score (nSPS) is 14.1. The van der Waals surface area contributed by atoms with Gasteiger partial charge in [0, 0.05) is 66.6 Å². The average molecular weight is 1870 g/mol. The van der Waals surface area contributed by atoms with Crippen LogP contribution in [0.1, 0.15) is 180 Å². The Labute approximate surface area is 842 Å². The number of nitrogens with zero attached hydrogens (tertiary/aromatic N) is 3. The van der Waals surface area contributed by atoms with Crippen LogP contribution in [0, 0.1) is 27.7 Å². The highest BCUT2D eigenvalue weighted by molar-refractivity contribution is 6.31. The van der Waals surface area contributed by atoms with E-state index in [0.717, 1.165) is 139 Å². The van der Waals surface area contributed by atoms with E-state index in [2.05, 4.69) is 438 Å². The second-order valence-electron chi connectivity index (χ2n) is 40.8. The van der Waals surface area contributed by atoms with Crippen molar-refractivity contribution in [2.45, 2.75) is 146 Å². The van der Waals surface area contributed by atoms with Crippen LogP contribution in [0.5, 0.6) is 0 Å². The summed E-state index contributed by atoms with van der Waals surface area (Å²) in [5.74, 6) is 1.85. The van der Waals surface area contributed by atoms with E-state index in [1.807, 2.05) is 32.9 Å². The van der Waals surface area contributed by atoms with Crippen LogP contribution in [0.25, 0.3) is 116 Å². The number of rotatable bonds is 20. The van der Waals surface area contributed by atoms with Crippen molar-refractivity contribution in [2.24, 2.45) is 0 Å². The molecule has 0 amide bonds. The van der Waals surface area contributed by atoms with Gasteiger partial charge in [0.05, 0.1) is 60.8 Å². The van der Waals surface area contributed by atoms with Crippen LogP contribution in [-0.2, 0) is 50.3 Å². The van der Waals surface area contributed by atoms with E-state index in [1.165, 1.54) is 94.4 Å². The molecule has 0 aromatic heterocycles. The molecule has 18 aromatic rings. The molecule has 22 rings (SSSR count). The highest BCUT2D eigenvalue weighted by Crippen LogP contribution is 2.59. The molecule has 0 aliphatic heterocycles. The first-order valence-electron chi connectivity index (χ1n) is 49.7. The van der Waals surface area contributed by atoms with Crippen LogP contribution in [-0.4, -0.2) is 38.7 Å². The fraction of sp³-hybridized carbons (Fsp3) is 0.187. The van der Waals surface area contributed by atoms with Gasteiger partial charge in [-0.1, -0.05) is 328 Å². The number of methoxy groups -OCH3 is 3. The van der Waals surface area contributed by atoms with E-state index in [0.29, 0.717) is 34.0 Å². The number of para-hydroxylation sites is 2. The van der Waals surface area contributed by atoms with Gasteiger partial charge in [0.15, 0.2) is 17.3 Å². The van der Waals surface area contributed by atoms with Gasteiger partial charge < -0.3 is 28.9 Å². The van der Waals surface area contributed by atoms with Crippen LogP contribution in [0.3, 0.4) is 0 Å². The predicted octanol–water partition coefficient (Wildman–Crippen LogP) is 35.1. The maximum absolute atomic E-state index is 13.1. The fourth-order valence-corrected chi connectivity index (χ4v) is 23.8. The van der Waals surface area contributed by atoms with Gasteiger partial charge in [-0.25, -0.2) is 0 Å². The zero-order valence-electron chi connectivity index (χ0n) is 85.8. The number of ether oxygens (including phenoxy) is 3. The minimum absolute atomic E-state index is 0.00907. The molecule has 0 unspecified atom stereocenters. The van der Waals surface area contributed by atoms with Crippen LogP contribution in [0.2, 0.25) is 0 Å².